The molecule has 2 saturated carbocycles. The van der Waals surface area contributed by atoms with Gasteiger partial charge in [0, 0.05) is 17.7 Å². The molecule has 8 nitrogen and oxygen atoms in total. The summed E-state index contributed by atoms with van der Waals surface area (Å²) in [6.07, 6.45) is 10.2. The number of carbonyl (C=O) groups excluding carboxylic acids is 1. The van der Waals surface area contributed by atoms with Crippen LogP contribution in [0.4, 0.5) is 0 Å². The maximum absolute atomic E-state index is 13.3. The highest BCUT2D eigenvalue weighted by Crippen LogP contribution is 2.69. The van der Waals surface area contributed by atoms with Gasteiger partial charge in [0.05, 0.1) is 19.9 Å². The van der Waals surface area contributed by atoms with E-state index in [0.717, 1.165) is 11.1 Å². The molecule has 2 aromatic carbocycles. The fraction of sp³-hybridized carbons (Fsp3) is 0.385. The number of hydrogen-bond donors (Lipinski definition) is 1. The lowest BCUT2D eigenvalue weighted by atomic mass is 9.89. The number of carbonyl (C=O) groups is 1. The second-order valence-corrected chi connectivity index (χ2v) is 9.52. The van der Waals surface area contributed by atoms with Gasteiger partial charge < -0.3 is 14.8 Å². The maximum Gasteiger partial charge on any atom is 0.251 e. The summed E-state index contributed by atoms with van der Waals surface area (Å²) in [5.41, 5.74) is 3.39. The Morgan fingerprint density at radius 1 is 1.18 bits per heavy atom. The minimum atomic E-state index is -0.102. The number of rotatable bonds is 7. The molecule has 8 heteroatoms. The van der Waals surface area contributed by atoms with Gasteiger partial charge in [0.1, 0.15) is 6.33 Å². The van der Waals surface area contributed by atoms with Gasteiger partial charge in [-0.15, -0.1) is 5.10 Å². The van der Waals surface area contributed by atoms with Gasteiger partial charge in [-0.2, -0.15) is 0 Å². The number of ether oxygens (including phenoxy) is 2. The molecule has 3 atom stereocenters. The molecule has 0 unspecified atom stereocenters. The van der Waals surface area contributed by atoms with Gasteiger partial charge in [-0.3, -0.25) is 4.79 Å². The molecule has 1 aromatic heterocycles. The van der Waals surface area contributed by atoms with E-state index in [4.69, 9.17) is 9.47 Å². The molecule has 6 rings (SSSR count). The third-order valence-electron chi connectivity index (χ3n) is 7.88. The molecule has 1 heterocycles. The number of allylic oxidation sites excluding steroid dienone is 2. The molecule has 3 aliphatic carbocycles. The van der Waals surface area contributed by atoms with E-state index in [2.05, 4.69) is 33.0 Å². The fourth-order valence-corrected chi connectivity index (χ4v) is 6.11. The zero-order valence-corrected chi connectivity index (χ0v) is 19.3. The Hall–Kier alpha value is -3.68. The standard InChI is InChI=1S/C26H27N5O3/c1-33-23-5-3-4-21(24(23)34-2)16-10-17(13-20(12-16)31-15-28-29-30-31)25(32)27-14-18-11-19-6-7-22(18)26(19)8-9-26/h3-7,10,12-13,15,18-19,22H,8-9,11,14H2,1-2H3,(H,27,32)/t18-,19+,22-/m0/s1. The Bertz CT molecular complexity index is 1270. The van der Waals surface area contributed by atoms with Crippen molar-refractivity contribution < 1.29 is 14.3 Å². The minimum Gasteiger partial charge on any atom is -0.493 e. The van der Waals surface area contributed by atoms with E-state index in [1.54, 1.807) is 18.9 Å². The summed E-state index contributed by atoms with van der Waals surface area (Å²) in [5.74, 6) is 2.96. The normalized spacial score (nSPS) is 23.3. The van der Waals surface area contributed by atoms with Crippen molar-refractivity contribution in [2.45, 2.75) is 19.3 Å². The summed E-state index contributed by atoms with van der Waals surface area (Å²) in [5, 5.41) is 14.7. The van der Waals surface area contributed by atoms with Crippen molar-refractivity contribution in [3.63, 3.8) is 0 Å². The van der Waals surface area contributed by atoms with Crippen molar-refractivity contribution in [2.24, 2.45) is 23.2 Å². The summed E-state index contributed by atoms with van der Waals surface area (Å²) in [6.45, 7) is 0.693. The van der Waals surface area contributed by atoms with Crippen molar-refractivity contribution in [1.29, 1.82) is 0 Å². The SMILES string of the molecule is COc1cccc(-c2cc(C(=O)NC[C@@H]3C[C@H]4C=C[C@@H]3C43CC3)cc(-n3cnnn3)c2)c1OC. The highest BCUT2D eigenvalue weighted by Gasteiger charge is 2.62. The average molecular weight is 458 g/mol. The quantitative estimate of drug-likeness (QED) is 0.545. The van der Waals surface area contributed by atoms with Gasteiger partial charge in [0.2, 0.25) is 0 Å². The second-order valence-electron chi connectivity index (χ2n) is 9.52. The Balaban J connectivity index is 1.31. The molecule has 174 valence electrons. The zero-order valence-electron chi connectivity index (χ0n) is 19.3. The first-order valence-corrected chi connectivity index (χ1v) is 11.7. The number of para-hydroxylation sites is 1. The van der Waals surface area contributed by atoms with Crippen LogP contribution in [-0.2, 0) is 0 Å². The fourth-order valence-electron chi connectivity index (χ4n) is 6.11. The number of tetrazole rings is 1. The number of aromatic nitrogens is 4. The van der Waals surface area contributed by atoms with Gasteiger partial charge in [-0.05, 0) is 82.7 Å². The Labute approximate surface area is 198 Å². The molecule has 3 aliphatic rings. The van der Waals surface area contributed by atoms with Crippen molar-refractivity contribution in [1.82, 2.24) is 25.5 Å². The van der Waals surface area contributed by atoms with Crippen molar-refractivity contribution in [3.05, 3.63) is 60.4 Å². The first kappa shape index (κ1) is 20.9. The van der Waals surface area contributed by atoms with E-state index in [-0.39, 0.29) is 5.91 Å². The predicted molar refractivity (Wildman–Crippen MR) is 126 cm³/mol. The highest BCUT2D eigenvalue weighted by molar-refractivity contribution is 5.96. The third-order valence-corrected chi connectivity index (χ3v) is 7.88. The van der Waals surface area contributed by atoms with Crippen LogP contribution in [0, 0.1) is 23.2 Å². The molecule has 1 N–H and O–H groups in total. The first-order valence-electron chi connectivity index (χ1n) is 11.7. The molecule has 0 aliphatic heterocycles. The molecule has 3 aromatic rings. The van der Waals surface area contributed by atoms with Crippen molar-refractivity contribution in [3.8, 4) is 28.3 Å². The van der Waals surface area contributed by atoms with Crippen LogP contribution < -0.4 is 14.8 Å². The van der Waals surface area contributed by atoms with Crippen LogP contribution in [0.2, 0.25) is 0 Å². The monoisotopic (exact) mass is 457 g/mol. The second kappa shape index (κ2) is 7.97. The summed E-state index contributed by atoms with van der Waals surface area (Å²) in [4.78, 5) is 13.3. The van der Waals surface area contributed by atoms with Crippen LogP contribution in [0.15, 0.2) is 54.9 Å². The summed E-state index contributed by atoms with van der Waals surface area (Å²) in [6, 6.07) is 11.3. The predicted octanol–water partition coefficient (Wildman–Crippen LogP) is 3.68. The van der Waals surface area contributed by atoms with Crippen LogP contribution in [0.25, 0.3) is 16.8 Å². The van der Waals surface area contributed by atoms with E-state index in [1.165, 1.54) is 25.6 Å². The molecule has 0 radical (unpaired) electrons. The lowest BCUT2D eigenvalue weighted by Gasteiger charge is -2.20. The summed E-state index contributed by atoms with van der Waals surface area (Å²) < 4.78 is 12.7. The molecule has 1 spiro atoms. The van der Waals surface area contributed by atoms with Crippen molar-refractivity contribution in [2.75, 3.05) is 20.8 Å². The number of nitrogens with zero attached hydrogens (tertiary/aromatic N) is 4. The highest BCUT2D eigenvalue weighted by atomic mass is 16.5. The molecule has 1 amide bonds. The number of amides is 1. The van der Waals surface area contributed by atoms with Crippen LogP contribution in [0.1, 0.15) is 29.6 Å². The molecule has 2 fully saturated rings. The van der Waals surface area contributed by atoms with Crippen molar-refractivity contribution >= 4 is 5.91 Å². The molecular weight excluding hydrogens is 430 g/mol. The number of benzene rings is 2. The number of hydrogen-bond acceptors (Lipinski definition) is 6. The lowest BCUT2D eigenvalue weighted by Crippen LogP contribution is -2.31. The zero-order chi connectivity index (χ0) is 23.3. The Morgan fingerprint density at radius 2 is 2.06 bits per heavy atom. The smallest absolute Gasteiger partial charge is 0.251 e. The van der Waals surface area contributed by atoms with E-state index in [1.807, 2.05) is 36.4 Å². The van der Waals surface area contributed by atoms with Crippen LogP contribution >= 0.6 is 0 Å². The lowest BCUT2D eigenvalue weighted by molar-refractivity contribution is 0.0944. The summed E-state index contributed by atoms with van der Waals surface area (Å²) >= 11 is 0. The van der Waals surface area contributed by atoms with E-state index < -0.39 is 0 Å². The van der Waals surface area contributed by atoms with Gasteiger partial charge in [0.25, 0.3) is 5.91 Å². The molecule has 0 saturated heterocycles. The van der Waals surface area contributed by atoms with Crippen LogP contribution in [-0.4, -0.2) is 46.9 Å². The minimum absolute atomic E-state index is 0.102. The van der Waals surface area contributed by atoms with Gasteiger partial charge >= 0.3 is 0 Å². The topological polar surface area (TPSA) is 91.2 Å². The van der Waals surface area contributed by atoms with E-state index in [0.29, 0.717) is 52.5 Å². The molecule has 2 bridgehead atoms. The molecular formula is C26H27N5O3. The summed E-state index contributed by atoms with van der Waals surface area (Å²) in [7, 11) is 3.21. The Kier molecular flexibility index (Phi) is 4.90. The maximum atomic E-state index is 13.3. The number of nitrogens with one attached hydrogen (secondary N) is 1. The average Bonchev–Trinajstić information content (AvgIpc) is 3.21. The largest absolute Gasteiger partial charge is 0.493 e. The Morgan fingerprint density at radius 3 is 2.76 bits per heavy atom. The van der Waals surface area contributed by atoms with Gasteiger partial charge in [0.15, 0.2) is 11.5 Å². The van der Waals surface area contributed by atoms with Crippen LogP contribution in [0.5, 0.6) is 11.5 Å². The van der Waals surface area contributed by atoms with E-state index >= 15 is 0 Å². The third kappa shape index (κ3) is 3.28. The number of methoxy groups -OCH3 is 2. The van der Waals surface area contributed by atoms with Crippen LogP contribution in [0.3, 0.4) is 0 Å². The van der Waals surface area contributed by atoms with E-state index in [9.17, 15) is 4.79 Å². The molecule has 34 heavy (non-hydrogen) atoms. The van der Waals surface area contributed by atoms with Gasteiger partial charge in [-0.25, -0.2) is 4.68 Å². The first-order chi connectivity index (χ1) is 16.6. The van der Waals surface area contributed by atoms with Gasteiger partial charge in [-0.1, -0.05) is 24.3 Å².